The Hall–Kier alpha value is -0.730. The van der Waals surface area contributed by atoms with E-state index < -0.39 is 0 Å². The fraction of sp³-hybridized carbons (Fsp3) is 0.889. The largest absolute Gasteiger partial charge is 0.338 e. The summed E-state index contributed by atoms with van der Waals surface area (Å²) in [4.78, 5) is 11.1. The maximum Gasteiger partial charge on any atom is 0.314 e. The number of hydrogen-bond acceptors (Lipinski definition) is 1. The summed E-state index contributed by atoms with van der Waals surface area (Å²) in [6, 6.07) is 0.197. The highest BCUT2D eigenvalue weighted by Gasteiger charge is 2.17. The smallest absolute Gasteiger partial charge is 0.314 e. The standard InChI is InChI=1S/C9H18N2O/c1-7(2)11-9(12)10-6-8-4-3-5-8/h7-8H,3-6H2,1-2H3,(H2,10,11,12). The molecule has 0 saturated heterocycles. The van der Waals surface area contributed by atoms with Crippen LogP contribution in [-0.2, 0) is 0 Å². The van der Waals surface area contributed by atoms with Crippen molar-refractivity contribution in [3.63, 3.8) is 0 Å². The second-order valence-electron chi connectivity index (χ2n) is 3.81. The van der Waals surface area contributed by atoms with Gasteiger partial charge in [-0.25, -0.2) is 4.79 Å². The van der Waals surface area contributed by atoms with Crippen molar-refractivity contribution in [2.24, 2.45) is 5.92 Å². The Balaban J connectivity index is 2.01. The van der Waals surface area contributed by atoms with E-state index >= 15 is 0 Å². The number of carbonyl (C=O) groups excluding carboxylic acids is 1. The molecule has 2 N–H and O–H groups in total. The lowest BCUT2D eigenvalue weighted by atomic mass is 9.85. The van der Waals surface area contributed by atoms with E-state index in [9.17, 15) is 4.79 Å². The summed E-state index contributed by atoms with van der Waals surface area (Å²) >= 11 is 0. The van der Waals surface area contributed by atoms with E-state index in [0.29, 0.717) is 0 Å². The second-order valence-corrected chi connectivity index (χ2v) is 3.81. The minimum atomic E-state index is -0.0306. The van der Waals surface area contributed by atoms with Gasteiger partial charge in [-0.15, -0.1) is 0 Å². The van der Waals surface area contributed by atoms with Gasteiger partial charge in [-0.3, -0.25) is 0 Å². The maximum absolute atomic E-state index is 11.1. The highest BCUT2D eigenvalue weighted by Crippen LogP contribution is 2.24. The fourth-order valence-electron chi connectivity index (χ4n) is 1.25. The van der Waals surface area contributed by atoms with E-state index in [1.54, 1.807) is 0 Å². The van der Waals surface area contributed by atoms with E-state index in [1.807, 2.05) is 13.8 Å². The summed E-state index contributed by atoms with van der Waals surface area (Å²) in [6.45, 7) is 4.77. The third kappa shape index (κ3) is 3.11. The number of carbonyl (C=O) groups is 1. The predicted molar refractivity (Wildman–Crippen MR) is 49.0 cm³/mol. The van der Waals surface area contributed by atoms with Crippen molar-refractivity contribution in [1.29, 1.82) is 0 Å². The molecule has 0 bridgehead atoms. The van der Waals surface area contributed by atoms with Gasteiger partial charge in [-0.1, -0.05) is 6.42 Å². The molecule has 1 saturated carbocycles. The molecular weight excluding hydrogens is 152 g/mol. The molecule has 12 heavy (non-hydrogen) atoms. The molecule has 3 heteroatoms. The SMILES string of the molecule is CC(C)NC(=O)NCC1CCC1. The quantitative estimate of drug-likeness (QED) is 0.662. The topological polar surface area (TPSA) is 41.1 Å². The van der Waals surface area contributed by atoms with Crippen LogP contribution in [0.15, 0.2) is 0 Å². The minimum Gasteiger partial charge on any atom is -0.338 e. The number of nitrogens with one attached hydrogen (secondary N) is 2. The maximum atomic E-state index is 11.1. The predicted octanol–water partition coefficient (Wildman–Crippen LogP) is 1.49. The molecule has 0 spiro atoms. The molecule has 70 valence electrons. The average molecular weight is 170 g/mol. The molecule has 1 aliphatic carbocycles. The Morgan fingerprint density at radius 2 is 2.17 bits per heavy atom. The molecule has 0 aromatic heterocycles. The molecule has 2 amide bonds. The van der Waals surface area contributed by atoms with E-state index in [-0.39, 0.29) is 12.1 Å². The molecule has 3 nitrogen and oxygen atoms in total. The van der Waals surface area contributed by atoms with Crippen LogP contribution in [0.4, 0.5) is 4.79 Å². The van der Waals surface area contributed by atoms with Crippen LogP contribution in [-0.4, -0.2) is 18.6 Å². The fourth-order valence-corrected chi connectivity index (χ4v) is 1.25. The van der Waals surface area contributed by atoms with Gasteiger partial charge >= 0.3 is 6.03 Å². The summed E-state index contributed by atoms with van der Waals surface area (Å²) in [5, 5.41) is 5.66. The van der Waals surface area contributed by atoms with Gasteiger partial charge in [0, 0.05) is 12.6 Å². The molecule has 0 heterocycles. The highest BCUT2D eigenvalue weighted by molar-refractivity contribution is 5.74. The first-order valence-electron chi connectivity index (χ1n) is 4.73. The normalized spacial score (nSPS) is 17.2. The van der Waals surface area contributed by atoms with Crippen molar-refractivity contribution < 1.29 is 4.79 Å². The Labute approximate surface area is 73.9 Å². The number of hydrogen-bond donors (Lipinski definition) is 2. The molecule has 1 fully saturated rings. The van der Waals surface area contributed by atoms with Crippen LogP contribution in [0.5, 0.6) is 0 Å². The molecular formula is C9H18N2O. The summed E-state index contributed by atoms with van der Waals surface area (Å²) in [7, 11) is 0. The first-order valence-corrected chi connectivity index (χ1v) is 4.73. The summed E-state index contributed by atoms with van der Waals surface area (Å²) in [5.41, 5.74) is 0. The molecule has 0 radical (unpaired) electrons. The first kappa shape index (κ1) is 9.36. The van der Waals surface area contributed by atoms with Gasteiger partial charge in [0.25, 0.3) is 0 Å². The van der Waals surface area contributed by atoms with E-state index in [4.69, 9.17) is 0 Å². The zero-order valence-electron chi connectivity index (χ0n) is 7.89. The molecule has 0 unspecified atom stereocenters. The highest BCUT2D eigenvalue weighted by atomic mass is 16.2. The van der Waals surface area contributed by atoms with Gasteiger partial charge in [0.1, 0.15) is 0 Å². The van der Waals surface area contributed by atoms with Gasteiger partial charge in [-0.05, 0) is 32.6 Å². The van der Waals surface area contributed by atoms with Crippen molar-refractivity contribution in [1.82, 2.24) is 10.6 Å². The van der Waals surface area contributed by atoms with Crippen molar-refractivity contribution in [3.05, 3.63) is 0 Å². The third-order valence-corrected chi connectivity index (χ3v) is 2.20. The van der Waals surface area contributed by atoms with Crippen LogP contribution < -0.4 is 10.6 Å². The lowest BCUT2D eigenvalue weighted by Crippen LogP contribution is -2.42. The monoisotopic (exact) mass is 170 g/mol. The second kappa shape index (κ2) is 4.33. The van der Waals surface area contributed by atoms with Crippen LogP contribution in [0, 0.1) is 5.92 Å². The number of rotatable bonds is 3. The summed E-state index contributed by atoms with van der Waals surface area (Å²) in [6.07, 6.45) is 3.89. The van der Waals surface area contributed by atoms with Crippen molar-refractivity contribution in [2.75, 3.05) is 6.54 Å². The average Bonchev–Trinajstić information content (AvgIpc) is 1.81. The molecule has 0 aliphatic heterocycles. The Morgan fingerprint density at radius 1 is 1.50 bits per heavy atom. The molecule has 1 rings (SSSR count). The zero-order valence-corrected chi connectivity index (χ0v) is 7.89. The van der Waals surface area contributed by atoms with Gasteiger partial charge in [0.2, 0.25) is 0 Å². The van der Waals surface area contributed by atoms with Crippen LogP contribution >= 0.6 is 0 Å². The Bertz CT molecular complexity index is 153. The van der Waals surface area contributed by atoms with Crippen molar-refractivity contribution >= 4 is 6.03 Å². The minimum absolute atomic E-state index is 0.0306. The Kier molecular flexibility index (Phi) is 3.38. The van der Waals surface area contributed by atoms with Crippen LogP contribution in [0.1, 0.15) is 33.1 Å². The zero-order chi connectivity index (χ0) is 8.97. The lowest BCUT2D eigenvalue weighted by Gasteiger charge is -2.25. The van der Waals surface area contributed by atoms with E-state index in [0.717, 1.165) is 12.5 Å². The lowest BCUT2D eigenvalue weighted by molar-refractivity contribution is 0.230. The molecule has 0 atom stereocenters. The van der Waals surface area contributed by atoms with Gasteiger partial charge in [0.15, 0.2) is 0 Å². The molecule has 0 aromatic rings. The third-order valence-electron chi connectivity index (χ3n) is 2.20. The molecule has 0 aromatic carbocycles. The van der Waals surface area contributed by atoms with Crippen molar-refractivity contribution in [2.45, 2.75) is 39.2 Å². The van der Waals surface area contributed by atoms with Gasteiger partial charge in [0.05, 0.1) is 0 Å². The van der Waals surface area contributed by atoms with Gasteiger partial charge in [-0.2, -0.15) is 0 Å². The number of amides is 2. The van der Waals surface area contributed by atoms with Crippen LogP contribution in [0.2, 0.25) is 0 Å². The Morgan fingerprint density at radius 3 is 2.58 bits per heavy atom. The van der Waals surface area contributed by atoms with Crippen LogP contribution in [0.25, 0.3) is 0 Å². The summed E-state index contributed by atoms with van der Waals surface area (Å²) in [5.74, 6) is 0.739. The van der Waals surface area contributed by atoms with E-state index in [1.165, 1.54) is 19.3 Å². The van der Waals surface area contributed by atoms with Crippen molar-refractivity contribution in [3.8, 4) is 0 Å². The first-order chi connectivity index (χ1) is 5.68. The number of urea groups is 1. The van der Waals surface area contributed by atoms with E-state index in [2.05, 4.69) is 10.6 Å². The molecule has 1 aliphatic rings. The summed E-state index contributed by atoms with van der Waals surface area (Å²) < 4.78 is 0. The van der Waals surface area contributed by atoms with Gasteiger partial charge < -0.3 is 10.6 Å². The van der Waals surface area contributed by atoms with Crippen LogP contribution in [0.3, 0.4) is 0 Å².